The third-order valence-electron chi connectivity index (χ3n) is 7.21. The van der Waals surface area contributed by atoms with E-state index in [0.717, 1.165) is 50.2 Å². The number of hydrogen-bond acceptors (Lipinski definition) is 5. The van der Waals surface area contributed by atoms with Crippen molar-refractivity contribution in [3.05, 3.63) is 114 Å². The molecule has 0 atom stereocenters. The van der Waals surface area contributed by atoms with Crippen molar-refractivity contribution < 1.29 is 22.1 Å². The predicted molar refractivity (Wildman–Crippen MR) is 160 cm³/mol. The van der Waals surface area contributed by atoms with Crippen LogP contribution in [0.25, 0.3) is 39.3 Å². The zero-order valence-electron chi connectivity index (χ0n) is 22.1. The molecule has 1 aromatic heterocycles. The molecular formula is C33H29NO5S. The number of anilines is 1. The number of nitrogens with zero attached hydrogens (tertiary/aromatic N) is 1. The van der Waals surface area contributed by atoms with Crippen LogP contribution in [0.15, 0.2) is 107 Å². The summed E-state index contributed by atoms with van der Waals surface area (Å²) >= 11 is 0. The highest BCUT2D eigenvalue weighted by atomic mass is 32.2. The Balaban J connectivity index is 1.35. The average molecular weight is 552 g/mol. The summed E-state index contributed by atoms with van der Waals surface area (Å²) in [6.45, 7) is 2.56. The van der Waals surface area contributed by atoms with Gasteiger partial charge >= 0.3 is 0 Å². The van der Waals surface area contributed by atoms with Crippen molar-refractivity contribution in [2.75, 3.05) is 17.2 Å². The summed E-state index contributed by atoms with van der Waals surface area (Å²) in [5.41, 5.74) is 7.12. The van der Waals surface area contributed by atoms with Gasteiger partial charge in [0.15, 0.2) is 5.75 Å². The topological polar surface area (TPSA) is 80.0 Å². The quantitative estimate of drug-likeness (QED) is 0.156. The maximum atomic E-state index is 11.3. The number of hydrogen-bond donors (Lipinski definition) is 1. The summed E-state index contributed by atoms with van der Waals surface area (Å²) in [6, 6.07) is 32.7. The van der Waals surface area contributed by atoms with Crippen LogP contribution in [-0.2, 0) is 10.1 Å². The number of rotatable bonds is 8. The predicted octanol–water partition coefficient (Wildman–Crippen LogP) is 7.94. The molecule has 1 aliphatic heterocycles. The number of unbranched alkanes of at least 4 members (excludes halogenated alkanes) is 1. The second-order valence-corrected chi connectivity index (χ2v) is 11.5. The van der Waals surface area contributed by atoms with Gasteiger partial charge in [-0.05, 0) is 66.3 Å². The Hall–Kier alpha value is -4.33. The van der Waals surface area contributed by atoms with E-state index in [9.17, 15) is 13.0 Å². The lowest BCUT2D eigenvalue weighted by molar-refractivity contribution is 0.440. The van der Waals surface area contributed by atoms with E-state index in [2.05, 4.69) is 42.5 Å². The zero-order chi connectivity index (χ0) is 27.7. The fraction of sp³-hybridized carbons (Fsp3) is 0.152. The van der Waals surface area contributed by atoms with Crippen molar-refractivity contribution in [3.8, 4) is 28.0 Å². The van der Waals surface area contributed by atoms with Gasteiger partial charge in [0.05, 0.1) is 11.4 Å². The van der Waals surface area contributed by atoms with Crippen LogP contribution < -0.4 is 9.64 Å². The van der Waals surface area contributed by atoms with E-state index in [1.54, 1.807) is 0 Å². The van der Waals surface area contributed by atoms with Gasteiger partial charge in [0.1, 0.15) is 11.3 Å². The first-order chi connectivity index (χ1) is 19.4. The molecule has 7 heteroatoms. The molecule has 0 fully saturated rings. The minimum Gasteiger partial charge on any atom is -0.456 e. The fourth-order valence-corrected chi connectivity index (χ4v) is 5.67. The SMILES string of the molecule is Cc1c(C=C2Oc3ccc(-c4ccccc4)cc3N2CCCCS(=O)(=O)O)oc2ccc(-c3ccccc3)cc12. The number of furan rings is 1. The largest absolute Gasteiger partial charge is 0.456 e. The molecule has 4 aromatic carbocycles. The van der Waals surface area contributed by atoms with Crippen LogP contribution >= 0.6 is 0 Å². The van der Waals surface area contributed by atoms with E-state index >= 15 is 0 Å². The van der Waals surface area contributed by atoms with E-state index in [0.29, 0.717) is 31.0 Å². The van der Waals surface area contributed by atoms with Gasteiger partial charge in [-0.1, -0.05) is 72.8 Å². The first-order valence-corrected chi connectivity index (χ1v) is 14.9. The van der Waals surface area contributed by atoms with Gasteiger partial charge in [0.25, 0.3) is 10.1 Å². The van der Waals surface area contributed by atoms with Gasteiger partial charge in [0, 0.05) is 23.6 Å². The van der Waals surface area contributed by atoms with Gasteiger partial charge in [-0.25, -0.2) is 0 Å². The minimum atomic E-state index is -4.01. The molecular weight excluding hydrogens is 522 g/mol. The third-order valence-corrected chi connectivity index (χ3v) is 8.01. The Morgan fingerprint density at radius 2 is 1.45 bits per heavy atom. The van der Waals surface area contributed by atoms with E-state index < -0.39 is 10.1 Å². The lowest BCUT2D eigenvalue weighted by Gasteiger charge is -2.18. The molecule has 1 aliphatic rings. The molecule has 0 saturated heterocycles. The number of fused-ring (bicyclic) bond motifs is 2. The van der Waals surface area contributed by atoms with Crippen molar-refractivity contribution in [1.29, 1.82) is 0 Å². The highest BCUT2D eigenvalue weighted by molar-refractivity contribution is 7.85. The van der Waals surface area contributed by atoms with E-state index in [1.165, 1.54) is 0 Å². The van der Waals surface area contributed by atoms with Crippen LogP contribution in [0.4, 0.5) is 5.69 Å². The summed E-state index contributed by atoms with van der Waals surface area (Å²) in [5, 5.41) is 1.04. The summed E-state index contributed by atoms with van der Waals surface area (Å²) in [4.78, 5) is 2.05. The van der Waals surface area contributed by atoms with Crippen LogP contribution in [0.1, 0.15) is 24.2 Å². The fourth-order valence-electron chi connectivity index (χ4n) is 5.10. The molecule has 5 aromatic rings. The first-order valence-electron chi connectivity index (χ1n) is 13.3. The molecule has 0 saturated carbocycles. The summed E-state index contributed by atoms with van der Waals surface area (Å²) in [6.07, 6.45) is 2.79. The van der Waals surface area contributed by atoms with Crippen molar-refractivity contribution in [2.45, 2.75) is 19.8 Å². The van der Waals surface area contributed by atoms with Gasteiger partial charge < -0.3 is 14.1 Å². The smallest absolute Gasteiger partial charge is 0.264 e. The van der Waals surface area contributed by atoms with E-state index in [4.69, 9.17) is 9.15 Å². The van der Waals surface area contributed by atoms with Crippen molar-refractivity contribution in [2.24, 2.45) is 0 Å². The average Bonchev–Trinajstić information content (AvgIpc) is 3.47. The molecule has 40 heavy (non-hydrogen) atoms. The molecule has 202 valence electrons. The highest BCUT2D eigenvalue weighted by Gasteiger charge is 2.28. The summed E-state index contributed by atoms with van der Waals surface area (Å²) in [5.74, 6) is 1.76. The Morgan fingerprint density at radius 3 is 2.12 bits per heavy atom. The van der Waals surface area contributed by atoms with Crippen molar-refractivity contribution in [1.82, 2.24) is 0 Å². The molecule has 0 radical (unpaired) electrons. The zero-order valence-corrected chi connectivity index (χ0v) is 22.9. The lowest BCUT2D eigenvalue weighted by atomic mass is 10.0. The molecule has 2 heterocycles. The number of benzene rings is 4. The lowest BCUT2D eigenvalue weighted by Crippen LogP contribution is -2.22. The van der Waals surface area contributed by atoms with Gasteiger partial charge in [-0.2, -0.15) is 8.42 Å². The Labute approximate surface area is 233 Å². The monoisotopic (exact) mass is 551 g/mol. The molecule has 1 N–H and O–H groups in total. The molecule has 6 rings (SSSR count). The van der Waals surface area contributed by atoms with Gasteiger partial charge in [-0.15, -0.1) is 0 Å². The Morgan fingerprint density at radius 1 is 0.800 bits per heavy atom. The Bertz CT molecular complexity index is 1810. The van der Waals surface area contributed by atoms with E-state index in [-0.39, 0.29) is 5.75 Å². The second-order valence-electron chi connectivity index (χ2n) is 9.95. The van der Waals surface area contributed by atoms with Gasteiger partial charge in [0.2, 0.25) is 5.88 Å². The molecule has 0 unspecified atom stereocenters. The van der Waals surface area contributed by atoms with Crippen LogP contribution in [-0.4, -0.2) is 25.3 Å². The van der Waals surface area contributed by atoms with Crippen LogP contribution in [0.2, 0.25) is 0 Å². The maximum absolute atomic E-state index is 11.3. The van der Waals surface area contributed by atoms with Crippen molar-refractivity contribution >= 4 is 32.9 Å². The third kappa shape index (κ3) is 5.39. The normalized spacial score (nSPS) is 14.1. The molecule has 0 aliphatic carbocycles. The van der Waals surface area contributed by atoms with Crippen LogP contribution in [0.5, 0.6) is 5.75 Å². The summed E-state index contributed by atoms with van der Waals surface area (Å²) < 4.78 is 44.3. The minimum absolute atomic E-state index is 0.274. The molecule has 6 nitrogen and oxygen atoms in total. The maximum Gasteiger partial charge on any atom is 0.264 e. The summed E-state index contributed by atoms with van der Waals surface area (Å²) in [7, 11) is -4.01. The molecule has 0 bridgehead atoms. The highest BCUT2D eigenvalue weighted by Crippen LogP contribution is 2.43. The molecule has 0 spiro atoms. The molecule has 0 amide bonds. The number of ether oxygens (including phenoxy) is 1. The van der Waals surface area contributed by atoms with E-state index in [1.807, 2.05) is 72.5 Å². The van der Waals surface area contributed by atoms with Crippen LogP contribution in [0.3, 0.4) is 0 Å². The van der Waals surface area contributed by atoms with Crippen molar-refractivity contribution in [3.63, 3.8) is 0 Å². The standard InChI is InChI=1S/C33H29NO5S/c1-23-28-20-26(24-10-4-2-5-11-24)14-16-30(28)38-32(23)22-33-34(18-8-9-19-40(35,36)37)29-21-27(15-17-31(29)39-33)25-12-6-3-7-13-25/h2-7,10-17,20-22H,8-9,18-19H2,1H3,(H,35,36,37). The first kappa shape index (κ1) is 25.9. The van der Waals surface area contributed by atoms with Crippen LogP contribution in [0, 0.1) is 6.92 Å². The Kier molecular flexibility index (Phi) is 6.92. The van der Waals surface area contributed by atoms with Gasteiger partial charge in [-0.3, -0.25) is 4.55 Å². The number of aryl methyl sites for hydroxylation is 1. The second kappa shape index (κ2) is 10.7.